The van der Waals surface area contributed by atoms with E-state index < -0.39 is 11.9 Å². The molecule has 0 atom stereocenters. The zero-order valence-corrected chi connectivity index (χ0v) is 12.3. The van der Waals surface area contributed by atoms with Crippen LogP contribution in [0.1, 0.15) is 50.8 Å². The molecule has 21 heavy (non-hydrogen) atoms. The number of alkyl halides is 3. The Morgan fingerprint density at radius 1 is 1.29 bits per heavy atom. The van der Waals surface area contributed by atoms with Crippen LogP contribution in [0.5, 0.6) is 5.88 Å². The van der Waals surface area contributed by atoms with Crippen LogP contribution in [0.3, 0.4) is 0 Å². The lowest BCUT2D eigenvalue weighted by Crippen LogP contribution is -2.29. The molecule has 0 unspecified atom stereocenters. The van der Waals surface area contributed by atoms with Crippen molar-refractivity contribution in [1.29, 1.82) is 0 Å². The molecular weight excluding hydrogens is 281 g/mol. The van der Waals surface area contributed by atoms with E-state index in [0.717, 1.165) is 31.7 Å². The van der Waals surface area contributed by atoms with E-state index in [1.165, 1.54) is 6.07 Å². The molecule has 0 aliphatic heterocycles. The van der Waals surface area contributed by atoms with Crippen LogP contribution in [0.15, 0.2) is 12.1 Å². The first kappa shape index (κ1) is 16.1. The third kappa shape index (κ3) is 4.09. The summed E-state index contributed by atoms with van der Waals surface area (Å²) in [5.41, 5.74) is 5.40. The monoisotopic (exact) mass is 302 g/mol. The minimum Gasteiger partial charge on any atom is -0.474 e. The van der Waals surface area contributed by atoms with Crippen LogP contribution < -0.4 is 10.5 Å². The molecule has 2 rings (SSSR count). The van der Waals surface area contributed by atoms with Crippen LogP contribution in [0.2, 0.25) is 0 Å². The summed E-state index contributed by atoms with van der Waals surface area (Å²) in [7, 11) is 0. The third-order valence-corrected chi connectivity index (χ3v) is 4.01. The number of rotatable bonds is 3. The molecule has 1 aliphatic carbocycles. The number of ether oxygens (including phenoxy) is 1. The lowest BCUT2D eigenvalue weighted by atomic mass is 9.76. The zero-order chi connectivity index (χ0) is 15.7. The highest BCUT2D eigenvalue weighted by atomic mass is 19.4. The Hall–Kier alpha value is -1.30. The van der Waals surface area contributed by atoms with Crippen LogP contribution >= 0.6 is 0 Å². The van der Waals surface area contributed by atoms with E-state index in [-0.39, 0.29) is 23.9 Å². The summed E-state index contributed by atoms with van der Waals surface area (Å²) < 4.78 is 43.9. The molecule has 0 saturated heterocycles. The predicted molar refractivity (Wildman–Crippen MR) is 73.8 cm³/mol. The van der Waals surface area contributed by atoms with E-state index in [1.807, 2.05) is 0 Å². The highest BCUT2D eigenvalue weighted by Gasteiger charge is 2.34. The fourth-order valence-corrected chi connectivity index (χ4v) is 2.53. The van der Waals surface area contributed by atoms with E-state index in [9.17, 15) is 13.2 Å². The molecule has 1 fully saturated rings. The van der Waals surface area contributed by atoms with Gasteiger partial charge in [-0.05, 0) is 37.2 Å². The first-order valence-corrected chi connectivity index (χ1v) is 7.15. The molecule has 118 valence electrons. The van der Waals surface area contributed by atoms with Crippen molar-refractivity contribution in [2.75, 3.05) is 0 Å². The number of hydrogen-bond acceptors (Lipinski definition) is 3. The number of nitrogens with zero attached hydrogens (tertiary/aromatic N) is 1. The highest BCUT2D eigenvalue weighted by molar-refractivity contribution is 5.29. The van der Waals surface area contributed by atoms with Gasteiger partial charge in [0, 0.05) is 12.1 Å². The SMILES string of the molecule is CC1(C)CCC(Oc2nc(C(F)(F)F)ccc2CN)CC1. The Morgan fingerprint density at radius 3 is 2.43 bits per heavy atom. The molecule has 3 nitrogen and oxygen atoms in total. The molecule has 6 heteroatoms. The predicted octanol–water partition coefficient (Wildman–Crippen LogP) is 3.91. The van der Waals surface area contributed by atoms with Crippen molar-refractivity contribution in [3.8, 4) is 5.88 Å². The van der Waals surface area contributed by atoms with Gasteiger partial charge in [-0.25, -0.2) is 4.98 Å². The molecule has 0 bridgehead atoms. The fraction of sp³-hybridized carbons (Fsp3) is 0.667. The van der Waals surface area contributed by atoms with Gasteiger partial charge >= 0.3 is 6.18 Å². The first-order chi connectivity index (χ1) is 9.71. The summed E-state index contributed by atoms with van der Waals surface area (Å²) in [4.78, 5) is 3.62. The normalized spacial score (nSPS) is 19.5. The Bertz CT molecular complexity index is 490. The molecule has 1 heterocycles. The molecule has 0 radical (unpaired) electrons. The van der Waals surface area contributed by atoms with Gasteiger partial charge in [-0.2, -0.15) is 13.2 Å². The smallest absolute Gasteiger partial charge is 0.433 e. The van der Waals surface area contributed by atoms with Crippen molar-refractivity contribution in [1.82, 2.24) is 4.98 Å². The highest BCUT2D eigenvalue weighted by Crippen LogP contribution is 2.37. The average Bonchev–Trinajstić information content (AvgIpc) is 2.40. The van der Waals surface area contributed by atoms with Crippen LogP contribution in [0.4, 0.5) is 13.2 Å². The van der Waals surface area contributed by atoms with Crippen molar-refractivity contribution >= 4 is 0 Å². The largest absolute Gasteiger partial charge is 0.474 e. The minimum atomic E-state index is -4.47. The lowest BCUT2D eigenvalue weighted by Gasteiger charge is -2.34. The van der Waals surface area contributed by atoms with Gasteiger partial charge in [0.05, 0.1) is 0 Å². The molecular formula is C15H21F3N2O. The second kappa shape index (κ2) is 5.83. The Morgan fingerprint density at radius 2 is 1.90 bits per heavy atom. The van der Waals surface area contributed by atoms with Crippen molar-refractivity contribution in [3.63, 3.8) is 0 Å². The van der Waals surface area contributed by atoms with Gasteiger partial charge in [-0.1, -0.05) is 19.9 Å². The zero-order valence-electron chi connectivity index (χ0n) is 12.3. The van der Waals surface area contributed by atoms with Gasteiger partial charge in [-0.15, -0.1) is 0 Å². The lowest BCUT2D eigenvalue weighted by molar-refractivity contribution is -0.141. The Balaban J connectivity index is 2.15. The van der Waals surface area contributed by atoms with Gasteiger partial charge in [-0.3, -0.25) is 0 Å². The van der Waals surface area contributed by atoms with Gasteiger partial charge < -0.3 is 10.5 Å². The summed E-state index contributed by atoms with van der Waals surface area (Å²) in [6, 6.07) is 2.29. The molecule has 0 amide bonds. The van der Waals surface area contributed by atoms with Crippen molar-refractivity contribution in [2.45, 2.75) is 58.4 Å². The van der Waals surface area contributed by atoms with E-state index in [2.05, 4.69) is 18.8 Å². The van der Waals surface area contributed by atoms with E-state index in [1.54, 1.807) is 0 Å². The first-order valence-electron chi connectivity index (χ1n) is 7.15. The summed E-state index contributed by atoms with van der Waals surface area (Å²) in [6.07, 6.45) is -0.911. The number of hydrogen-bond donors (Lipinski definition) is 1. The summed E-state index contributed by atoms with van der Waals surface area (Å²) in [5, 5.41) is 0. The molecule has 1 aromatic rings. The van der Waals surface area contributed by atoms with E-state index in [4.69, 9.17) is 10.5 Å². The van der Waals surface area contributed by atoms with Gasteiger partial charge in [0.2, 0.25) is 5.88 Å². The summed E-state index contributed by atoms with van der Waals surface area (Å²) >= 11 is 0. The molecule has 1 saturated carbocycles. The van der Waals surface area contributed by atoms with Crippen LogP contribution in [0, 0.1) is 5.41 Å². The third-order valence-electron chi connectivity index (χ3n) is 4.01. The van der Waals surface area contributed by atoms with Gasteiger partial charge in [0.1, 0.15) is 11.8 Å². The second-order valence-electron chi connectivity index (χ2n) is 6.34. The standard InChI is InChI=1S/C15H21F3N2O/c1-14(2)7-5-11(6-8-14)21-13-10(9-19)3-4-12(20-13)15(16,17)18/h3-4,11H,5-9,19H2,1-2H3. The van der Waals surface area contributed by atoms with Crippen molar-refractivity contribution < 1.29 is 17.9 Å². The number of halogens is 3. The maximum atomic E-state index is 12.7. The van der Waals surface area contributed by atoms with E-state index in [0.29, 0.717) is 5.56 Å². The minimum absolute atomic E-state index is 0.0250. The molecule has 1 aliphatic rings. The summed E-state index contributed by atoms with van der Waals surface area (Å²) in [6.45, 7) is 4.49. The quantitative estimate of drug-likeness (QED) is 0.921. The Kier molecular flexibility index (Phi) is 4.46. The van der Waals surface area contributed by atoms with Crippen LogP contribution in [-0.4, -0.2) is 11.1 Å². The summed E-state index contributed by atoms with van der Waals surface area (Å²) in [5.74, 6) is 0.0250. The van der Waals surface area contributed by atoms with Crippen LogP contribution in [0.25, 0.3) is 0 Å². The average molecular weight is 302 g/mol. The Labute approximate surface area is 122 Å². The molecule has 0 aromatic carbocycles. The molecule has 1 aromatic heterocycles. The van der Waals surface area contributed by atoms with Gasteiger partial charge in [0.15, 0.2) is 0 Å². The maximum Gasteiger partial charge on any atom is 0.433 e. The number of nitrogens with two attached hydrogens (primary N) is 1. The second-order valence-corrected chi connectivity index (χ2v) is 6.34. The number of aromatic nitrogens is 1. The fourth-order valence-electron chi connectivity index (χ4n) is 2.53. The number of pyridine rings is 1. The van der Waals surface area contributed by atoms with Crippen molar-refractivity contribution in [2.24, 2.45) is 11.1 Å². The van der Waals surface area contributed by atoms with Gasteiger partial charge in [0.25, 0.3) is 0 Å². The van der Waals surface area contributed by atoms with E-state index >= 15 is 0 Å². The maximum absolute atomic E-state index is 12.7. The molecule has 0 spiro atoms. The topological polar surface area (TPSA) is 48.1 Å². The van der Waals surface area contributed by atoms with Crippen molar-refractivity contribution in [3.05, 3.63) is 23.4 Å². The molecule has 2 N–H and O–H groups in total. The van der Waals surface area contributed by atoms with Crippen LogP contribution in [-0.2, 0) is 12.7 Å².